The average molecular weight is 180 g/mol. The quantitative estimate of drug-likeness (QED) is 0.645. The number of rotatable bonds is 4. The SMILES string of the molecule is CCNC(NC)C1=CC=C(C)CC1. The molecule has 0 fully saturated rings. The first-order valence-electron chi connectivity index (χ1n) is 5.04. The van der Waals surface area contributed by atoms with E-state index in [-0.39, 0.29) is 0 Å². The molecule has 2 N–H and O–H groups in total. The van der Waals surface area contributed by atoms with E-state index in [1.165, 1.54) is 24.0 Å². The van der Waals surface area contributed by atoms with Crippen molar-refractivity contribution in [3.05, 3.63) is 23.3 Å². The minimum absolute atomic E-state index is 0.356. The van der Waals surface area contributed by atoms with Crippen LogP contribution in [0.5, 0.6) is 0 Å². The van der Waals surface area contributed by atoms with Crippen molar-refractivity contribution in [3.8, 4) is 0 Å². The maximum atomic E-state index is 3.41. The molecule has 1 aliphatic rings. The summed E-state index contributed by atoms with van der Waals surface area (Å²) in [6.45, 7) is 5.33. The average Bonchev–Trinajstić information content (AvgIpc) is 2.16. The van der Waals surface area contributed by atoms with E-state index in [4.69, 9.17) is 0 Å². The lowest BCUT2D eigenvalue weighted by Gasteiger charge is -2.22. The van der Waals surface area contributed by atoms with Gasteiger partial charge in [0.2, 0.25) is 0 Å². The Balaban J connectivity index is 2.59. The van der Waals surface area contributed by atoms with Crippen molar-refractivity contribution in [2.24, 2.45) is 0 Å². The first-order chi connectivity index (χ1) is 6.27. The maximum Gasteiger partial charge on any atom is 0.0794 e. The molecule has 13 heavy (non-hydrogen) atoms. The molecule has 0 amide bonds. The summed E-state index contributed by atoms with van der Waals surface area (Å²) in [6.07, 6.45) is 7.20. The highest BCUT2D eigenvalue weighted by atomic mass is 15.1. The van der Waals surface area contributed by atoms with Crippen molar-refractivity contribution in [1.29, 1.82) is 0 Å². The molecule has 1 atom stereocenters. The Labute approximate surface area is 81.1 Å². The lowest BCUT2D eigenvalue weighted by atomic mass is 9.97. The molecule has 0 bridgehead atoms. The van der Waals surface area contributed by atoms with Gasteiger partial charge in [-0.15, -0.1) is 0 Å². The summed E-state index contributed by atoms with van der Waals surface area (Å²) < 4.78 is 0. The molecule has 2 nitrogen and oxygen atoms in total. The molecule has 0 heterocycles. The van der Waals surface area contributed by atoms with Crippen LogP contribution in [0.2, 0.25) is 0 Å². The molecule has 74 valence electrons. The second-order valence-corrected chi connectivity index (χ2v) is 3.53. The highest BCUT2D eigenvalue weighted by Crippen LogP contribution is 2.19. The van der Waals surface area contributed by atoms with E-state index >= 15 is 0 Å². The zero-order chi connectivity index (χ0) is 9.68. The smallest absolute Gasteiger partial charge is 0.0794 e. The molecule has 1 unspecified atom stereocenters. The van der Waals surface area contributed by atoms with Crippen LogP contribution < -0.4 is 10.6 Å². The molecule has 0 aromatic heterocycles. The van der Waals surface area contributed by atoms with Gasteiger partial charge in [0.1, 0.15) is 0 Å². The van der Waals surface area contributed by atoms with E-state index in [1.807, 2.05) is 7.05 Å². The van der Waals surface area contributed by atoms with Gasteiger partial charge < -0.3 is 5.32 Å². The van der Waals surface area contributed by atoms with Crippen LogP contribution in [0.3, 0.4) is 0 Å². The summed E-state index contributed by atoms with van der Waals surface area (Å²) in [5.41, 5.74) is 2.95. The number of hydrogen-bond donors (Lipinski definition) is 2. The molecule has 0 saturated carbocycles. The van der Waals surface area contributed by atoms with Gasteiger partial charge in [-0.3, -0.25) is 5.32 Å². The minimum atomic E-state index is 0.356. The Morgan fingerprint density at radius 1 is 1.38 bits per heavy atom. The second-order valence-electron chi connectivity index (χ2n) is 3.53. The van der Waals surface area contributed by atoms with E-state index in [0.29, 0.717) is 6.17 Å². The van der Waals surface area contributed by atoms with Gasteiger partial charge in [0.05, 0.1) is 6.17 Å². The maximum absolute atomic E-state index is 3.41. The minimum Gasteiger partial charge on any atom is -0.301 e. The predicted molar refractivity (Wildman–Crippen MR) is 57.6 cm³/mol. The van der Waals surface area contributed by atoms with Crippen LogP contribution in [0.25, 0.3) is 0 Å². The Kier molecular flexibility index (Phi) is 4.19. The van der Waals surface area contributed by atoms with Crippen molar-refractivity contribution in [2.45, 2.75) is 32.9 Å². The fraction of sp³-hybridized carbons (Fsp3) is 0.636. The van der Waals surface area contributed by atoms with Gasteiger partial charge >= 0.3 is 0 Å². The van der Waals surface area contributed by atoms with Crippen molar-refractivity contribution < 1.29 is 0 Å². The Bertz CT molecular complexity index is 216. The lowest BCUT2D eigenvalue weighted by Crippen LogP contribution is -2.41. The van der Waals surface area contributed by atoms with E-state index in [1.54, 1.807) is 0 Å². The molecule has 0 aromatic carbocycles. The van der Waals surface area contributed by atoms with Crippen molar-refractivity contribution in [1.82, 2.24) is 10.6 Å². The van der Waals surface area contributed by atoms with Crippen LogP contribution in [0.1, 0.15) is 26.7 Å². The van der Waals surface area contributed by atoms with E-state index in [0.717, 1.165) is 6.54 Å². The summed E-state index contributed by atoms with van der Waals surface area (Å²) in [6, 6.07) is 0. The van der Waals surface area contributed by atoms with E-state index < -0.39 is 0 Å². The van der Waals surface area contributed by atoms with E-state index in [2.05, 4.69) is 36.6 Å². The Morgan fingerprint density at radius 2 is 2.15 bits per heavy atom. The molecular weight excluding hydrogens is 160 g/mol. The van der Waals surface area contributed by atoms with Gasteiger partial charge in [0.15, 0.2) is 0 Å². The van der Waals surface area contributed by atoms with Crippen LogP contribution in [0.15, 0.2) is 23.3 Å². The van der Waals surface area contributed by atoms with Gasteiger partial charge in [-0.1, -0.05) is 24.6 Å². The molecule has 0 radical (unpaired) electrons. The van der Waals surface area contributed by atoms with Gasteiger partial charge in [-0.2, -0.15) is 0 Å². The summed E-state index contributed by atoms with van der Waals surface area (Å²) in [5.74, 6) is 0. The summed E-state index contributed by atoms with van der Waals surface area (Å²) in [7, 11) is 2.00. The molecule has 1 aliphatic carbocycles. The second kappa shape index (κ2) is 5.20. The monoisotopic (exact) mass is 180 g/mol. The van der Waals surface area contributed by atoms with Crippen LogP contribution >= 0.6 is 0 Å². The molecule has 0 spiro atoms. The van der Waals surface area contributed by atoms with E-state index in [9.17, 15) is 0 Å². The summed E-state index contributed by atoms with van der Waals surface area (Å²) >= 11 is 0. The van der Waals surface area contributed by atoms with Gasteiger partial charge in [-0.05, 0) is 38.9 Å². The Morgan fingerprint density at radius 3 is 2.62 bits per heavy atom. The molecule has 1 rings (SSSR count). The number of likely N-dealkylation sites (N-methyl/N-ethyl adjacent to an activating group) is 2. The third kappa shape index (κ3) is 2.98. The van der Waals surface area contributed by atoms with Crippen LogP contribution in [-0.4, -0.2) is 19.8 Å². The van der Waals surface area contributed by atoms with Gasteiger partial charge in [0, 0.05) is 0 Å². The number of hydrogen-bond acceptors (Lipinski definition) is 2. The summed E-state index contributed by atoms with van der Waals surface area (Å²) in [4.78, 5) is 0. The van der Waals surface area contributed by atoms with Crippen LogP contribution in [0.4, 0.5) is 0 Å². The number of allylic oxidation sites excluding steroid dienone is 3. The first kappa shape index (κ1) is 10.5. The molecule has 2 heteroatoms. The largest absolute Gasteiger partial charge is 0.301 e. The van der Waals surface area contributed by atoms with Gasteiger partial charge in [-0.25, -0.2) is 0 Å². The van der Waals surface area contributed by atoms with Crippen molar-refractivity contribution in [3.63, 3.8) is 0 Å². The topological polar surface area (TPSA) is 24.1 Å². The fourth-order valence-electron chi connectivity index (χ4n) is 1.62. The normalized spacial score (nSPS) is 19.3. The zero-order valence-corrected chi connectivity index (χ0v) is 8.85. The van der Waals surface area contributed by atoms with Crippen LogP contribution in [0, 0.1) is 0 Å². The Hall–Kier alpha value is -0.600. The third-order valence-corrected chi connectivity index (χ3v) is 2.46. The highest BCUT2D eigenvalue weighted by Gasteiger charge is 2.12. The predicted octanol–water partition coefficient (Wildman–Crippen LogP) is 1.81. The number of nitrogens with one attached hydrogen (secondary N) is 2. The first-order valence-corrected chi connectivity index (χ1v) is 5.04. The van der Waals surface area contributed by atoms with Gasteiger partial charge in [0.25, 0.3) is 0 Å². The molecule has 0 aliphatic heterocycles. The lowest BCUT2D eigenvalue weighted by molar-refractivity contribution is 0.509. The van der Waals surface area contributed by atoms with Crippen molar-refractivity contribution >= 4 is 0 Å². The van der Waals surface area contributed by atoms with Crippen molar-refractivity contribution in [2.75, 3.05) is 13.6 Å². The fourth-order valence-corrected chi connectivity index (χ4v) is 1.62. The van der Waals surface area contributed by atoms with Crippen LogP contribution in [-0.2, 0) is 0 Å². The molecule has 0 aromatic rings. The zero-order valence-electron chi connectivity index (χ0n) is 8.85. The molecular formula is C11H20N2. The standard InChI is InChI=1S/C11H20N2/c1-4-13-11(12-3)10-7-5-9(2)6-8-10/h5,7,11-13H,4,6,8H2,1-3H3. The summed E-state index contributed by atoms with van der Waals surface area (Å²) in [5, 5.41) is 6.69. The highest BCUT2D eigenvalue weighted by molar-refractivity contribution is 5.25. The third-order valence-electron chi connectivity index (χ3n) is 2.46. The molecule has 0 saturated heterocycles.